The van der Waals surface area contributed by atoms with Crippen LogP contribution >= 0.6 is 0 Å². The van der Waals surface area contributed by atoms with Gasteiger partial charge in [-0.05, 0) is 43.1 Å². The average Bonchev–Trinajstić information content (AvgIpc) is 3.35. The first-order valence-corrected chi connectivity index (χ1v) is 10.6. The van der Waals surface area contributed by atoms with Gasteiger partial charge in [-0.3, -0.25) is 14.5 Å². The Bertz CT molecular complexity index is 842. The second-order valence-corrected chi connectivity index (χ2v) is 9.02. The SMILES string of the molecule is Cc1ccc(CC2CN(C(=O)NCCN3C(=O)C4C5C=CC(C5)C4C3=O)C2)cc1. The van der Waals surface area contributed by atoms with Crippen LogP contribution in [0.4, 0.5) is 4.79 Å². The van der Waals surface area contributed by atoms with Crippen molar-refractivity contribution in [2.24, 2.45) is 29.6 Å². The van der Waals surface area contributed by atoms with E-state index in [0.717, 1.165) is 25.9 Å². The first-order valence-electron chi connectivity index (χ1n) is 10.6. The van der Waals surface area contributed by atoms with Gasteiger partial charge in [0.15, 0.2) is 0 Å². The van der Waals surface area contributed by atoms with Crippen molar-refractivity contribution in [2.45, 2.75) is 19.8 Å². The number of carbonyl (C=O) groups excluding carboxylic acids is 3. The Morgan fingerprint density at radius 1 is 1.03 bits per heavy atom. The largest absolute Gasteiger partial charge is 0.336 e. The van der Waals surface area contributed by atoms with Crippen LogP contribution in [0.3, 0.4) is 0 Å². The van der Waals surface area contributed by atoms with Crippen LogP contribution in [0.5, 0.6) is 0 Å². The van der Waals surface area contributed by atoms with Crippen LogP contribution < -0.4 is 5.32 Å². The molecular weight excluding hydrogens is 366 g/mol. The van der Waals surface area contributed by atoms with Crippen LogP contribution in [-0.2, 0) is 16.0 Å². The molecule has 1 saturated carbocycles. The van der Waals surface area contributed by atoms with Crippen LogP contribution in [0.2, 0.25) is 0 Å². The van der Waals surface area contributed by atoms with Gasteiger partial charge < -0.3 is 10.2 Å². The molecule has 3 fully saturated rings. The van der Waals surface area contributed by atoms with Gasteiger partial charge in [0.25, 0.3) is 0 Å². The predicted octanol–water partition coefficient (Wildman–Crippen LogP) is 1.99. The molecule has 152 valence electrons. The van der Waals surface area contributed by atoms with E-state index >= 15 is 0 Å². The van der Waals surface area contributed by atoms with Crippen molar-refractivity contribution in [3.8, 4) is 0 Å². The summed E-state index contributed by atoms with van der Waals surface area (Å²) in [6, 6.07) is 8.44. The van der Waals surface area contributed by atoms with Crippen molar-refractivity contribution in [3.05, 3.63) is 47.5 Å². The molecule has 1 N–H and O–H groups in total. The summed E-state index contributed by atoms with van der Waals surface area (Å²) in [6.07, 6.45) is 6.12. The molecule has 4 unspecified atom stereocenters. The quantitative estimate of drug-likeness (QED) is 0.614. The molecule has 2 aliphatic heterocycles. The number of nitrogens with one attached hydrogen (secondary N) is 1. The summed E-state index contributed by atoms with van der Waals surface area (Å²) in [5, 5.41) is 2.87. The summed E-state index contributed by atoms with van der Waals surface area (Å²) >= 11 is 0. The smallest absolute Gasteiger partial charge is 0.317 e. The van der Waals surface area contributed by atoms with Crippen molar-refractivity contribution >= 4 is 17.8 Å². The van der Waals surface area contributed by atoms with Gasteiger partial charge in [-0.15, -0.1) is 0 Å². The van der Waals surface area contributed by atoms with E-state index in [0.29, 0.717) is 12.5 Å². The van der Waals surface area contributed by atoms with Gasteiger partial charge in [0.05, 0.1) is 11.8 Å². The van der Waals surface area contributed by atoms with Crippen molar-refractivity contribution in [3.63, 3.8) is 0 Å². The second-order valence-electron chi connectivity index (χ2n) is 9.02. The Hall–Kier alpha value is -2.63. The number of nitrogens with zero attached hydrogens (tertiary/aromatic N) is 2. The van der Waals surface area contributed by atoms with E-state index in [1.807, 2.05) is 0 Å². The monoisotopic (exact) mass is 393 g/mol. The van der Waals surface area contributed by atoms with Crippen molar-refractivity contribution in [2.75, 3.05) is 26.2 Å². The van der Waals surface area contributed by atoms with Crippen molar-refractivity contribution < 1.29 is 14.4 Å². The molecule has 4 aliphatic rings. The number of fused-ring (bicyclic) bond motifs is 5. The first kappa shape index (κ1) is 18.4. The number of aryl methyl sites for hydroxylation is 1. The number of likely N-dealkylation sites (tertiary alicyclic amines) is 2. The number of carbonyl (C=O) groups is 3. The van der Waals surface area contributed by atoms with Crippen LogP contribution in [0, 0.1) is 36.5 Å². The summed E-state index contributed by atoms with van der Waals surface area (Å²) in [5.74, 6) is 0.534. The minimum atomic E-state index is -0.161. The van der Waals surface area contributed by atoms with Gasteiger partial charge in [0.2, 0.25) is 11.8 Å². The molecule has 29 heavy (non-hydrogen) atoms. The average molecular weight is 393 g/mol. The highest BCUT2D eigenvalue weighted by Crippen LogP contribution is 2.52. The zero-order valence-corrected chi connectivity index (χ0v) is 16.7. The fourth-order valence-electron chi connectivity index (χ4n) is 5.49. The standard InChI is InChI=1S/C23H27N3O3/c1-14-2-4-15(5-3-14)10-16-12-25(13-16)23(29)24-8-9-26-21(27)19-17-6-7-18(11-17)20(19)22(26)28/h2-7,16-20H,8-13H2,1H3,(H,24,29). The molecule has 4 amide bonds. The van der Waals surface area contributed by atoms with E-state index < -0.39 is 0 Å². The topological polar surface area (TPSA) is 69.7 Å². The molecule has 4 atom stereocenters. The van der Waals surface area contributed by atoms with Gasteiger partial charge in [0.1, 0.15) is 0 Å². The highest BCUT2D eigenvalue weighted by atomic mass is 16.2. The fraction of sp³-hybridized carbons (Fsp3) is 0.522. The Morgan fingerprint density at radius 3 is 2.28 bits per heavy atom. The lowest BCUT2D eigenvalue weighted by molar-refractivity contribution is -0.140. The van der Waals surface area contributed by atoms with E-state index in [9.17, 15) is 14.4 Å². The first-order chi connectivity index (χ1) is 14.0. The fourth-order valence-corrected chi connectivity index (χ4v) is 5.49. The lowest BCUT2D eigenvalue weighted by Crippen LogP contribution is -2.55. The molecule has 5 rings (SSSR count). The summed E-state index contributed by atoms with van der Waals surface area (Å²) in [7, 11) is 0. The number of imide groups is 1. The van der Waals surface area contributed by atoms with Crippen molar-refractivity contribution in [1.82, 2.24) is 15.1 Å². The number of hydrogen-bond donors (Lipinski definition) is 1. The van der Waals surface area contributed by atoms with E-state index in [-0.39, 0.29) is 48.1 Å². The van der Waals surface area contributed by atoms with Crippen LogP contribution in [0.15, 0.2) is 36.4 Å². The van der Waals surface area contributed by atoms with Gasteiger partial charge >= 0.3 is 6.03 Å². The maximum absolute atomic E-state index is 12.6. The summed E-state index contributed by atoms with van der Waals surface area (Å²) < 4.78 is 0. The van der Waals surface area contributed by atoms with Crippen LogP contribution in [-0.4, -0.2) is 53.8 Å². The number of allylic oxidation sites excluding steroid dienone is 2. The number of rotatable bonds is 5. The minimum Gasteiger partial charge on any atom is -0.336 e. The maximum atomic E-state index is 12.6. The van der Waals surface area contributed by atoms with Gasteiger partial charge in [0, 0.05) is 26.2 Å². The summed E-state index contributed by atoms with van der Waals surface area (Å²) in [4.78, 5) is 40.8. The van der Waals surface area contributed by atoms with Gasteiger partial charge in [-0.1, -0.05) is 42.0 Å². The van der Waals surface area contributed by atoms with Crippen molar-refractivity contribution in [1.29, 1.82) is 0 Å². The molecule has 2 heterocycles. The van der Waals surface area contributed by atoms with E-state index in [2.05, 4.69) is 48.7 Å². The van der Waals surface area contributed by atoms with E-state index in [1.165, 1.54) is 16.0 Å². The number of hydrogen-bond acceptors (Lipinski definition) is 3. The van der Waals surface area contributed by atoms with E-state index in [1.54, 1.807) is 4.90 Å². The Balaban J connectivity index is 1.06. The summed E-state index contributed by atoms with van der Waals surface area (Å²) in [5.41, 5.74) is 2.56. The number of urea groups is 1. The number of benzene rings is 1. The van der Waals surface area contributed by atoms with Gasteiger partial charge in [-0.25, -0.2) is 4.79 Å². The van der Waals surface area contributed by atoms with Crippen LogP contribution in [0.1, 0.15) is 17.5 Å². The molecule has 2 bridgehead atoms. The highest BCUT2D eigenvalue weighted by molar-refractivity contribution is 6.06. The lowest BCUT2D eigenvalue weighted by Gasteiger charge is -2.39. The molecule has 6 nitrogen and oxygen atoms in total. The molecular formula is C23H27N3O3. The molecule has 1 aromatic rings. The third kappa shape index (κ3) is 3.15. The molecule has 0 radical (unpaired) electrons. The van der Waals surface area contributed by atoms with Gasteiger partial charge in [-0.2, -0.15) is 0 Å². The zero-order chi connectivity index (χ0) is 20.1. The minimum absolute atomic E-state index is 0.0480. The normalized spacial score (nSPS) is 30.1. The zero-order valence-electron chi connectivity index (χ0n) is 16.7. The summed E-state index contributed by atoms with van der Waals surface area (Å²) in [6.45, 7) is 4.17. The molecule has 6 heteroatoms. The maximum Gasteiger partial charge on any atom is 0.317 e. The third-order valence-electron chi connectivity index (χ3n) is 7.06. The Morgan fingerprint density at radius 2 is 1.66 bits per heavy atom. The predicted molar refractivity (Wildman–Crippen MR) is 108 cm³/mol. The van der Waals surface area contributed by atoms with E-state index in [4.69, 9.17) is 0 Å². The molecule has 2 saturated heterocycles. The lowest BCUT2D eigenvalue weighted by atomic mass is 9.85. The molecule has 2 aliphatic carbocycles. The molecule has 0 aromatic heterocycles. The highest BCUT2D eigenvalue weighted by Gasteiger charge is 2.58. The second kappa shape index (κ2) is 7.01. The van der Waals surface area contributed by atoms with Crippen LogP contribution in [0.25, 0.3) is 0 Å². The number of amides is 4. The Kier molecular flexibility index (Phi) is 4.45. The molecule has 0 spiro atoms. The Labute approximate surface area is 170 Å². The third-order valence-corrected chi connectivity index (χ3v) is 7.06. The molecule has 1 aromatic carbocycles.